The molecule has 0 aliphatic carbocycles. The van der Waals surface area contributed by atoms with Crippen LogP contribution in [0, 0.1) is 25.2 Å². The van der Waals surface area contributed by atoms with E-state index in [0.717, 1.165) is 11.4 Å². The molecule has 3 aromatic rings. The highest BCUT2D eigenvalue weighted by Gasteiger charge is 2.21. The topological polar surface area (TPSA) is 75.3 Å². The Kier molecular flexibility index (Phi) is 6.47. The van der Waals surface area contributed by atoms with Crippen molar-refractivity contribution in [1.29, 1.82) is 5.26 Å². The van der Waals surface area contributed by atoms with Crippen molar-refractivity contribution < 1.29 is 14.3 Å². The summed E-state index contributed by atoms with van der Waals surface area (Å²) in [5.74, 6) is -0.993. The first-order valence-corrected chi connectivity index (χ1v) is 9.98. The molecule has 0 unspecified atom stereocenters. The smallest absolute Gasteiger partial charge is 0.340 e. The number of aromatic nitrogens is 1. The molecule has 1 aromatic carbocycles. The third-order valence-corrected chi connectivity index (χ3v) is 5.47. The number of amides is 1. The molecule has 29 heavy (non-hydrogen) atoms. The number of carbonyl (C=O) groups excluding carboxylic acids is 2. The van der Waals surface area contributed by atoms with Crippen molar-refractivity contribution in [2.24, 2.45) is 0 Å². The zero-order valence-electron chi connectivity index (χ0n) is 16.3. The molecule has 0 spiro atoms. The van der Waals surface area contributed by atoms with Gasteiger partial charge in [-0.05, 0) is 43.5 Å². The molecule has 0 saturated carbocycles. The summed E-state index contributed by atoms with van der Waals surface area (Å²) in [4.78, 5) is 27.6. The van der Waals surface area contributed by atoms with Gasteiger partial charge < -0.3 is 9.30 Å². The number of hydrogen-bond donors (Lipinski definition) is 0. The molecule has 0 saturated heterocycles. The fourth-order valence-electron chi connectivity index (χ4n) is 3.09. The lowest BCUT2D eigenvalue weighted by Gasteiger charge is -2.19. The summed E-state index contributed by atoms with van der Waals surface area (Å²) >= 11 is 1.66. The minimum atomic E-state index is -0.547. The molecule has 0 atom stereocenters. The molecule has 0 bridgehead atoms. The molecular weight excluding hydrogens is 386 g/mol. The van der Waals surface area contributed by atoms with E-state index < -0.39 is 18.5 Å². The molecule has 3 rings (SSSR count). The van der Waals surface area contributed by atoms with Crippen LogP contribution in [0.15, 0.2) is 53.9 Å². The van der Waals surface area contributed by atoms with E-state index in [-0.39, 0.29) is 6.54 Å². The summed E-state index contributed by atoms with van der Waals surface area (Å²) in [6.07, 6.45) is 0. The number of benzene rings is 1. The van der Waals surface area contributed by atoms with Gasteiger partial charge >= 0.3 is 5.97 Å². The number of esters is 1. The third-order valence-electron chi connectivity index (χ3n) is 4.61. The van der Waals surface area contributed by atoms with E-state index in [1.165, 1.54) is 9.78 Å². The van der Waals surface area contributed by atoms with Gasteiger partial charge in [-0.1, -0.05) is 24.3 Å². The zero-order chi connectivity index (χ0) is 20.8. The van der Waals surface area contributed by atoms with E-state index in [0.29, 0.717) is 17.8 Å². The van der Waals surface area contributed by atoms with E-state index in [4.69, 9.17) is 10.00 Å². The molecule has 1 amide bonds. The number of nitriles is 1. The van der Waals surface area contributed by atoms with Crippen molar-refractivity contribution in [1.82, 2.24) is 4.57 Å². The van der Waals surface area contributed by atoms with E-state index >= 15 is 0 Å². The Morgan fingerprint density at radius 2 is 1.93 bits per heavy atom. The highest BCUT2D eigenvalue weighted by atomic mass is 32.1. The van der Waals surface area contributed by atoms with Crippen LogP contribution in [-0.4, -0.2) is 29.6 Å². The highest BCUT2D eigenvalue weighted by molar-refractivity contribution is 7.09. The second-order valence-corrected chi connectivity index (χ2v) is 7.53. The summed E-state index contributed by atoms with van der Waals surface area (Å²) in [7, 11) is 0. The van der Waals surface area contributed by atoms with Gasteiger partial charge in [0.25, 0.3) is 5.91 Å². The normalized spacial score (nSPS) is 10.4. The second kappa shape index (κ2) is 9.22. The summed E-state index contributed by atoms with van der Waals surface area (Å²) < 4.78 is 7.32. The maximum atomic E-state index is 12.6. The van der Waals surface area contributed by atoms with Crippen LogP contribution in [0.4, 0.5) is 5.69 Å². The van der Waals surface area contributed by atoms with Crippen molar-refractivity contribution in [3.8, 4) is 6.07 Å². The lowest BCUT2D eigenvalue weighted by Crippen LogP contribution is -2.35. The van der Waals surface area contributed by atoms with Crippen molar-refractivity contribution in [3.05, 3.63) is 75.7 Å². The number of ether oxygens (including phenoxy) is 1. The summed E-state index contributed by atoms with van der Waals surface area (Å²) in [5, 5.41) is 11.0. The fourth-order valence-corrected chi connectivity index (χ4v) is 3.79. The van der Waals surface area contributed by atoms with Gasteiger partial charge in [-0.15, -0.1) is 11.3 Å². The SMILES string of the molecule is Cc1cc(C(=O)OCC(=O)N(CC#N)c2ccccc2)c(C)n1Cc1cccs1. The summed E-state index contributed by atoms with van der Waals surface area (Å²) in [6, 6.07) is 16.6. The van der Waals surface area contributed by atoms with Gasteiger partial charge in [0.2, 0.25) is 0 Å². The molecule has 6 nitrogen and oxygen atoms in total. The van der Waals surface area contributed by atoms with Crippen molar-refractivity contribution >= 4 is 28.9 Å². The Morgan fingerprint density at radius 3 is 2.59 bits per heavy atom. The van der Waals surface area contributed by atoms with E-state index in [2.05, 4.69) is 4.57 Å². The standard InChI is InChI=1S/C22H21N3O3S/c1-16-13-20(17(2)25(16)14-19-9-6-12-29-19)22(27)28-15-21(26)24(11-10-23)18-7-4-3-5-8-18/h3-9,12-13H,11,14-15H2,1-2H3. The number of anilines is 1. The van der Waals surface area contributed by atoms with Crippen molar-refractivity contribution in [2.75, 3.05) is 18.1 Å². The molecule has 0 aliphatic heterocycles. The minimum Gasteiger partial charge on any atom is -0.452 e. The first-order valence-electron chi connectivity index (χ1n) is 9.10. The molecule has 2 aromatic heterocycles. The Bertz CT molecular complexity index is 1030. The van der Waals surface area contributed by atoms with E-state index in [1.807, 2.05) is 43.5 Å². The monoisotopic (exact) mass is 407 g/mol. The predicted octanol–water partition coefficient (Wildman–Crippen LogP) is 3.93. The van der Waals surface area contributed by atoms with Gasteiger partial charge in [-0.3, -0.25) is 9.69 Å². The fraction of sp³-hybridized carbons (Fsp3) is 0.227. The van der Waals surface area contributed by atoms with Gasteiger partial charge in [-0.25, -0.2) is 4.79 Å². The molecule has 2 heterocycles. The van der Waals surface area contributed by atoms with Crippen LogP contribution in [-0.2, 0) is 16.1 Å². The van der Waals surface area contributed by atoms with Gasteiger partial charge in [0.05, 0.1) is 18.2 Å². The zero-order valence-corrected chi connectivity index (χ0v) is 17.1. The average Bonchev–Trinajstić information content (AvgIpc) is 3.34. The van der Waals surface area contributed by atoms with E-state index in [9.17, 15) is 9.59 Å². The Labute approximate surface area is 173 Å². The predicted molar refractivity (Wildman–Crippen MR) is 112 cm³/mol. The summed E-state index contributed by atoms with van der Waals surface area (Å²) in [6.45, 7) is 3.95. The number of carbonyl (C=O) groups is 2. The van der Waals surface area contributed by atoms with Crippen LogP contribution in [0.25, 0.3) is 0 Å². The molecular formula is C22H21N3O3S. The van der Waals surface area contributed by atoms with Gasteiger partial charge in [0.15, 0.2) is 6.61 Å². The molecule has 148 valence electrons. The largest absolute Gasteiger partial charge is 0.452 e. The van der Waals surface area contributed by atoms with Crippen molar-refractivity contribution in [3.63, 3.8) is 0 Å². The molecule has 7 heteroatoms. The van der Waals surface area contributed by atoms with Gasteiger partial charge in [0.1, 0.15) is 6.54 Å². The number of aryl methyl sites for hydroxylation is 1. The number of thiophene rings is 1. The number of hydrogen-bond acceptors (Lipinski definition) is 5. The minimum absolute atomic E-state index is 0.115. The van der Waals surface area contributed by atoms with Crippen LogP contribution in [0.5, 0.6) is 0 Å². The Morgan fingerprint density at radius 1 is 1.17 bits per heavy atom. The van der Waals surface area contributed by atoms with E-state index in [1.54, 1.807) is 41.7 Å². The van der Waals surface area contributed by atoms with Crippen LogP contribution in [0.2, 0.25) is 0 Å². The highest BCUT2D eigenvalue weighted by Crippen LogP contribution is 2.20. The molecule has 0 fully saturated rings. The second-order valence-electron chi connectivity index (χ2n) is 6.50. The molecule has 0 N–H and O–H groups in total. The average molecular weight is 407 g/mol. The number of rotatable bonds is 7. The lowest BCUT2D eigenvalue weighted by molar-refractivity contribution is -0.121. The van der Waals surface area contributed by atoms with Gasteiger partial charge in [0, 0.05) is 22.0 Å². The third kappa shape index (κ3) is 4.73. The summed E-state index contributed by atoms with van der Waals surface area (Å²) in [5.41, 5.74) is 2.78. The number of nitrogens with zero attached hydrogens (tertiary/aromatic N) is 3. The van der Waals surface area contributed by atoms with Gasteiger partial charge in [-0.2, -0.15) is 5.26 Å². The molecule has 0 radical (unpaired) electrons. The first-order chi connectivity index (χ1) is 14.0. The Balaban J connectivity index is 1.69. The lowest BCUT2D eigenvalue weighted by atomic mass is 10.2. The maximum Gasteiger partial charge on any atom is 0.340 e. The van der Waals surface area contributed by atoms with Crippen LogP contribution >= 0.6 is 11.3 Å². The maximum absolute atomic E-state index is 12.6. The molecule has 0 aliphatic rings. The van der Waals surface area contributed by atoms with Crippen molar-refractivity contribution in [2.45, 2.75) is 20.4 Å². The van der Waals surface area contributed by atoms with Crippen LogP contribution < -0.4 is 4.90 Å². The Hall–Kier alpha value is -3.37. The van der Waals surface area contributed by atoms with Crippen LogP contribution in [0.3, 0.4) is 0 Å². The van der Waals surface area contributed by atoms with Crippen LogP contribution in [0.1, 0.15) is 26.6 Å². The number of para-hydroxylation sites is 1. The quantitative estimate of drug-likeness (QED) is 0.439. The first kappa shape index (κ1) is 20.4.